The Balaban J connectivity index is 1.31. The van der Waals surface area contributed by atoms with Gasteiger partial charge in [0.05, 0.1) is 24.2 Å². The molecule has 264 valence electrons. The summed E-state index contributed by atoms with van der Waals surface area (Å²) in [5, 5.41) is 40.7. The van der Waals surface area contributed by atoms with Crippen LogP contribution >= 0.6 is 0 Å². The predicted molar refractivity (Wildman–Crippen MR) is 186 cm³/mol. The summed E-state index contributed by atoms with van der Waals surface area (Å²) in [5.41, 5.74) is 16.6. The molecule has 6 rings (SSSR count). The maximum atomic E-state index is 15.2. The SMILES string of the molecule is N[C@H](c1ccc(F)cc1)C(C(=O)C([C@H](N)c1ccc(F)cc1)N1CCC(c2ccc(O)cc2O)CC1)N1CCC(c2ccc(O)cc2O)CC1. The van der Waals surface area contributed by atoms with E-state index in [2.05, 4.69) is 9.80 Å². The molecule has 2 fully saturated rings. The van der Waals surface area contributed by atoms with E-state index in [9.17, 15) is 29.2 Å². The first-order valence-corrected chi connectivity index (χ1v) is 17.1. The van der Waals surface area contributed by atoms with Crippen LogP contribution in [0.1, 0.15) is 71.9 Å². The largest absolute Gasteiger partial charge is 0.508 e. The van der Waals surface area contributed by atoms with E-state index in [1.54, 1.807) is 48.5 Å². The van der Waals surface area contributed by atoms with Gasteiger partial charge < -0.3 is 31.9 Å². The molecule has 2 saturated heterocycles. The van der Waals surface area contributed by atoms with Crippen LogP contribution in [0.15, 0.2) is 84.9 Å². The van der Waals surface area contributed by atoms with Gasteiger partial charge in [-0.1, -0.05) is 36.4 Å². The van der Waals surface area contributed by atoms with E-state index in [4.69, 9.17) is 11.5 Å². The molecule has 9 nitrogen and oxygen atoms in total. The van der Waals surface area contributed by atoms with Gasteiger partial charge >= 0.3 is 0 Å². The van der Waals surface area contributed by atoms with Crippen molar-refractivity contribution in [1.82, 2.24) is 9.80 Å². The highest BCUT2D eigenvalue weighted by Gasteiger charge is 2.44. The summed E-state index contributed by atoms with van der Waals surface area (Å²) in [7, 11) is 0. The van der Waals surface area contributed by atoms with Gasteiger partial charge in [0.2, 0.25) is 0 Å². The molecular weight excluding hydrogens is 642 g/mol. The summed E-state index contributed by atoms with van der Waals surface area (Å²) >= 11 is 0. The molecule has 0 radical (unpaired) electrons. The van der Waals surface area contributed by atoms with Gasteiger partial charge in [0, 0.05) is 12.1 Å². The quantitative estimate of drug-likeness (QED) is 0.126. The Kier molecular flexibility index (Phi) is 10.7. The maximum absolute atomic E-state index is 15.2. The monoisotopic (exact) mass is 686 g/mol. The van der Waals surface area contributed by atoms with E-state index in [1.165, 1.54) is 36.4 Å². The van der Waals surface area contributed by atoms with Crippen LogP contribution in [-0.4, -0.2) is 74.3 Å². The summed E-state index contributed by atoms with van der Waals surface area (Å²) in [6.45, 7) is 1.93. The molecule has 2 unspecified atom stereocenters. The van der Waals surface area contributed by atoms with Crippen molar-refractivity contribution in [3.8, 4) is 23.0 Å². The summed E-state index contributed by atoms with van der Waals surface area (Å²) in [6.07, 6.45) is 2.48. The predicted octanol–water partition coefficient (Wildman–Crippen LogP) is 5.55. The molecule has 4 atom stereocenters. The topological polar surface area (TPSA) is 157 Å². The second kappa shape index (κ2) is 15.1. The molecule has 2 heterocycles. The average molecular weight is 687 g/mol. The van der Waals surface area contributed by atoms with Gasteiger partial charge in [0.25, 0.3) is 0 Å². The van der Waals surface area contributed by atoms with E-state index >= 15 is 4.79 Å². The summed E-state index contributed by atoms with van der Waals surface area (Å²) in [6, 6.07) is 17.5. The number of aromatic hydroxyl groups is 4. The number of hydrogen-bond acceptors (Lipinski definition) is 9. The van der Waals surface area contributed by atoms with Crippen molar-refractivity contribution >= 4 is 5.78 Å². The van der Waals surface area contributed by atoms with Crippen molar-refractivity contribution < 1.29 is 34.0 Å². The third-order valence-corrected chi connectivity index (χ3v) is 10.5. The van der Waals surface area contributed by atoms with E-state index in [1.807, 2.05) is 0 Å². The highest BCUT2D eigenvalue weighted by Crippen LogP contribution is 2.40. The van der Waals surface area contributed by atoms with E-state index in [0.29, 0.717) is 63.0 Å². The van der Waals surface area contributed by atoms with Crippen LogP contribution in [0, 0.1) is 11.6 Å². The Morgan fingerprint density at radius 3 is 1.24 bits per heavy atom. The lowest BCUT2D eigenvalue weighted by Crippen LogP contribution is -2.60. The molecule has 8 N–H and O–H groups in total. The molecule has 2 aliphatic heterocycles. The Morgan fingerprint density at radius 2 is 0.920 bits per heavy atom. The number of likely N-dealkylation sites (tertiary alicyclic amines) is 2. The number of hydrogen-bond donors (Lipinski definition) is 6. The fourth-order valence-corrected chi connectivity index (χ4v) is 7.81. The molecule has 4 aromatic carbocycles. The number of nitrogens with two attached hydrogens (primary N) is 2. The minimum absolute atomic E-state index is 0.00254. The van der Waals surface area contributed by atoms with Gasteiger partial charge in [0.15, 0.2) is 5.78 Å². The smallest absolute Gasteiger partial charge is 0.170 e. The first kappa shape index (κ1) is 35.3. The van der Waals surface area contributed by atoms with E-state index in [0.717, 1.165) is 11.1 Å². The van der Waals surface area contributed by atoms with Gasteiger partial charge in [-0.2, -0.15) is 0 Å². The highest BCUT2D eigenvalue weighted by molar-refractivity contribution is 5.91. The van der Waals surface area contributed by atoms with Crippen molar-refractivity contribution in [1.29, 1.82) is 0 Å². The van der Waals surface area contributed by atoms with Crippen LogP contribution in [0.2, 0.25) is 0 Å². The Labute approximate surface area is 290 Å². The fourth-order valence-electron chi connectivity index (χ4n) is 7.81. The third-order valence-electron chi connectivity index (χ3n) is 10.5. The van der Waals surface area contributed by atoms with E-state index in [-0.39, 0.29) is 40.6 Å². The first-order valence-electron chi connectivity index (χ1n) is 17.1. The highest BCUT2D eigenvalue weighted by atomic mass is 19.1. The van der Waals surface area contributed by atoms with Crippen molar-refractivity contribution in [3.63, 3.8) is 0 Å². The third kappa shape index (κ3) is 7.61. The first-order chi connectivity index (χ1) is 24.0. The van der Waals surface area contributed by atoms with Crippen LogP contribution < -0.4 is 11.5 Å². The number of carbonyl (C=O) groups excluding carboxylic acids is 1. The van der Waals surface area contributed by atoms with Gasteiger partial charge in [-0.3, -0.25) is 14.6 Å². The van der Waals surface area contributed by atoms with Gasteiger partial charge in [-0.05, 0) is 122 Å². The Hall–Kier alpha value is -4.55. The number of phenols is 4. The lowest BCUT2D eigenvalue weighted by atomic mass is 9.82. The molecule has 0 saturated carbocycles. The van der Waals surface area contributed by atoms with Crippen molar-refractivity contribution in [2.75, 3.05) is 26.2 Å². The van der Waals surface area contributed by atoms with Crippen LogP contribution in [-0.2, 0) is 4.79 Å². The number of nitrogens with zero attached hydrogens (tertiary/aromatic N) is 2. The molecule has 4 aromatic rings. The Morgan fingerprint density at radius 1 is 0.580 bits per heavy atom. The second-order valence-corrected chi connectivity index (χ2v) is 13.6. The lowest BCUT2D eigenvalue weighted by Gasteiger charge is -2.45. The standard InChI is InChI=1S/C39H44F2N4O5/c40-27-5-1-25(2-6-27)35(42)37(44-17-13-23(14-18-44)31-11-9-29(46)21-33(31)48)39(50)38(36(43)26-3-7-28(41)8-4-26)45-19-15-24(16-20-45)32-12-10-30(47)22-34(32)49/h1-12,21-24,35-38,46-49H,13-20,42-43H2/t35-,36-,37?,38?/m1/s1. The van der Waals surface area contributed by atoms with Crippen LogP contribution in [0.25, 0.3) is 0 Å². The van der Waals surface area contributed by atoms with Gasteiger partial charge in [0.1, 0.15) is 34.6 Å². The molecular formula is C39H44F2N4O5. The lowest BCUT2D eigenvalue weighted by molar-refractivity contribution is -0.132. The number of Topliss-reactive ketones (excluding diaryl/α,β-unsaturated/α-hetero) is 1. The Bertz CT molecular complexity index is 1650. The summed E-state index contributed by atoms with van der Waals surface area (Å²) in [4.78, 5) is 19.3. The average Bonchev–Trinajstić information content (AvgIpc) is 3.10. The number of ketones is 1. The number of halogens is 2. The number of piperidine rings is 2. The van der Waals surface area contributed by atoms with Gasteiger partial charge in [-0.25, -0.2) is 8.78 Å². The van der Waals surface area contributed by atoms with Crippen LogP contribution in [0.3, 0.4) is 0 Å². The molecule has 0 spiro atoms. The van der Waals surface area contributed by atoms with Crippen molar-refractivity contribution in [2.24, 2.45) is 11.5 Å². The number of carbonyl (C=O) groups is 1. The minimum Gasteiger partial charge on any atom is -0.508 e. The number of rotatable bonds is 10. The van der Waals surface area contributed by atoms with Crippen molar-refractivity contribution in [3.05, 3.63) is 119 Å². The molecule has 0 bridgehead atoms. The molecule has 0 amide bonds. The second-order valence-electron chi connectivity index (χ2n) is 13.6. The normalized spacial score (nSPS) is 19.1. The van der Waals surface area contributed by atoms with E-state index < -0.39 is 35.8 Å². The zero-order valence-electron chi connectivity index (χ0n) is 27.7. The molecule has 50 heavy (non-hydrogen) atoms. The molecule has 0 aromatic heterocycles. The van der Waals surface area contributed by atoms with Crippen LogP contribution in [0.5, 0.6) is 23.0 Å². The summed E-state index contributed by atoms with van der Waals surface area (Å²) < 4.78 is 28.0. The van der Waals surface area contributed by atoms with Crippen molar-refractivity contribution in [2.45, 2.75) is 61.7 Å². The zero-order chi connectivity index (χ0) is 35.5. The van der Waals surface area contributed by atoms with Crippen LogP contribution in [0.4, 0.5) is 8.78 Å². The molecule has 0 aliphatic carbocycles. The number of phenolic OH excluding ortho intramolecular Hbond substituents is 4. The molecule has 2 aliphatic rings. The zero-order valence-corrected chi connectivity index (χ0v) is 27.7. The minimum atomic E-state index is -0.842. The molecule has 11 heteroatoms. The number of benzene rings is 4. The van der Waals surface area contributed by atoms with Gasteiger partial charge in [-0.15, -0.1) is 0 Å². The fraction of sp³-hybridized carbons (Fsp3) is 0.359. The summed E-state index contributed by atoms with van der Waals surface area (Å²) in [5.74, 6) is -1.04. The maximum Gasteiger partial charge on any atom is 0.170 e.